The van der Waals surface area contributed by atoms with Gasteiger partial charge in [0.1, 0.15) is 11.6 Å². The zero-order chi connectivity index (χ0) is 11.5. The second kappa shape index (κ2) is 4.76. The highest BCUT2D eigenvalue weighted by Crippen LogP contribution is 2.17. The van der Waals surface area contributed by atoms with Crippen molar-refractivity contribution in [2.24, 2.45) is 0 Å². The average molecular weight is 258 g/mol. The van der Waals surface area contributed by atoms with Crippen LogP contribution < -0.4 is 5.73 Å². The fraction of sp³-hybridized carbons (Fsp3) is 0.200. The largest absolute Gasteiger partial charge is 0.374 e. The molecule has 1 heterocycles. The minimum absolute atomic E-state index is 0.142. The molecular formula is C10H9ClFN3S. The molecule has 1 aromatic heterocycles. The van der Waals surface area contributed by atoms with Crippen molar-refractivity contribution in [2.75, 3.05) is 5.73 Å². The van der Waals surface area contributed by atoms with Crippen molar-refractivity contribution >= 4 is 28.3 Å². The molecule has 0 amide bonds. The molecule has 2 rings (SSSR count). The van der Waals surface area contributed by atoms with Crippen molar-refractivity contribution in [3.8, 4) is 0 Å². The Bertz CT molecular complexity index is 501. The van der Waals surface area contributed by atoms with Crippen LogP contribution in [0.1, 0.15) is 11.4 Å². The van der Waals surface area contributed by atoms with Crippen LogP contribution in [0.25, 0.3) is 0 Å². The van der Waals surface area contributed by atoms with Crippen LogP contribution in [0.5, 0.6) is 0 Å². The number of benzene rings is 1. The summed E-state index contributed by atoms with van der Waals surface area (Å²) in [6.45, 7) is 0. The van der Waals surface area contributed by atoms with E-state index in [1.54, 1.807) is 12.1 Å². The molecule has 0 aliphatic rings. The Hall–Kier alpha value is -1.20. The number of rotatable bonds is 3. The Balaban J connectivity index is 2.02. The lowest BCUT2D eigenvalue weighted by Gasteiger charge is -2.00. The monoisotopic (exact) mass is 257 g/mol. The van der Waals surface area contributed by atoms with Gasteiger partial charge in [0, 0.05) is 18.0 Å². The van der Waals surface area contributed by atoms with E-state index in [0.29, 0.717) is 17.4 Å². The molecule has 2 N–H and O–H groups in total. The summed E-state index contributed by atoms with van der Waals surface area (Å²) >= 11 is 6.85. The van der Waals surface area contributed by atoms with E-state index in [4.69, 9.17) is 17.3 Å². The van der Waals surface area contributed by atoms with Crippen molar-refractivity contribution in [3.63, 3.8) is 0 Å². The Kier molecular flexibility index (Phi) is 3.36. The smallest absolute Gasteiger partial charge is 0.199 e. The summed E-state index contributed by atoms with van der Waals surface area (Å²) in [6, 6.07) is 4.68. The maximum Gasteiger partial charge on any atom is 0.199 e. The van der Waals surface area contributed by atoms with Crippen molar-refractivity contribution in [2.45, 2.75) is 12.8 Å². The molecule has 0 aliphatic carbocycles. The van der Waals surface area contributed by atoms with E-state index < -0.39 is 5.82 Å². The zero-order valence-electron chi connectivity index (χ0n) is 8.28. The molecule has 0 radical (unpaired) electrons. The van der Waals surface area contributed by atoms with Gasteiger partial charge < -0.3 is 5.73 Å². The number of nitrogen functional groups attached to an aromatic ring is 1. The third-order valence-electron chi connectivity index (χ3n) is 2.11. The van der Waals surface area contributed by atoms with Crippen molar-refractivity contribution in [1.82, 2.24) is 9.36 Å². The summed E-state index contributed by atoms with van der Waals surface area (Å²) in [6.07, 6.45) is 1.39. The molecule has 0 saturated heterocycles. The summed E-state index contributed by atoms with van der Waals surface area (Å²) < 4.78 is 17.0. The molecule has 0 unspecified atom stereocenters. The van der Waals surface area contributed by atoms with Gasteiger partial charge in [0.05, 0.1) is 5.02 Å². The normalized spacial score (nSPS) is 10.6. The summed E-state index contributed by atoms with van der Waals surface area (Å²) in [5.41, 5.74) is 6.42. The predicted octanol–water partition coefficient (Wildman–Crippen LogP) is 2.70. The number of hydrogen-bond acceptors (Lipinski definition) is 4. The first kappa shape index (κ1) is 11.3. The average Bonchev–Trinajstić information content (AvgIpc) is 2.66. The first-order valence-corrected chi connectivity index (χ1v) is 5.82. The quantitative estimate of drug-likeness (QED) is 0.920. The van der Waals surface area contributed by atoms with Gasteiger partial charge in [0.2, 0.25) is 0 Å². The second-order valence-corrected chi connectivity index (χ2v) is 4.49. The Labute approximate surface area is 101 Å². The molecule has 6 heteroatoms. The molecule has 0 spiro atoms. The summed E-state index contributed by atoms with van der Waals surface area (Å²) in [5.74, 6) is 0.310. The van der Waals surface area contributed by atoms with E-state index in [2.05, 4.69) is 9.36 Å². The van der Waals surface area contributed by atoms with Crippen molar-refractivity contribution in [1.29, 1.82) is 0 Å². The summed E-state index contributed by atoms with van der Waals surface area (Å²) in [5, 5.41) is 0.607. The summed E-state index contributed by atoms with van der Waals surface area (Å²) in [7, 11) is 0. The summed E-state index contributed by atoms with van der Waals surface area (Å²) in [4.78, 5) is 4.04. The van der Waals surface area contributed by atoms with Crippen LogP contribution in [0.15, 0.2) is 18.2 Å². The van der Waals surface area contributed by atoms with Crippen LogP contribution in [-0.2, 0) is 12.8 Å². The number of aryl methyl sites for hydroxylation is 2. The molecule has 1 aromatic carbocycles. The lowest BCUT2D eigenvalue weighted by atomic mass is 10.1. The number of nitrogens with two attached hydrogens (primary N) is 1. The molecule has 0 atom stereocenters. The lowest BCUT2D eigenvalue weighted by molar-refractivity contribution is 0.627. The van der Waals surface area contributed by atoms with E-state index in [9.17, 15) is 4.39 Å². The van der Waals surface area contributed by atoms with Gasteiger partial charge in [-0.15, -0.1) is 0 Å². The number of hydrogen-bond donors (Lipinski definition) is 1. The van der Waals surface area contributed by atoms with Crippen LogP contribution in [0.3, 0.4) is 0 Å². The van der Waals surface area contributed by atoms with Gasteiger partial charge in [-0.25, -0.2) is 9.37 Å². The molecule has 3 nitrogen and oxygen atoms in total. The highest BCUT2D eigenvalue weighted by molar-refractivity contribution is 7.09. The first-order valence-electron chi connectivity index (χ1n) is 4.67. The van der Waals surface area contributed by atoms with Gasteiger partial charge in [-0.3, -0.25) is 0 Å². The third kappa shape index (κ3) is 2.68. The van der Waals surface area contributed by atoms with E-state index in [-0.39, 0.29) is 5.02 Å². The maximum atomic E-state index is 12.9. The van der Waals surface area contributed by atoms with Crippen molar-refractivity contribution < 1.29 is 4.39 Å². The van der Waals surface area contributed by atoms with Gasteiger partial charge in [-0.1, -0.05) is 17.7 Å². The van der Waals surface area contributed by atoms with Crippen LogP contribution in [0.2, 0.25) is 5.02 Å². The second-order valence-electron chi connectivity index (χ2n) is 3.30. The zero-order valence-corrected chi connectivity index (χ0v) is 9.85. The van der Waals surface area contributed by atoms with Gasteiger partial charge in [0.15, 0.2) is 5.13 Å². The molecule has 0 saturated carbocycles. The molecule has 2 aromatic rings. The lowest BCUT2D eigenvalue weighted by Crippen LogP contribution is -1.94. The van der Waals surface area contributed by atoms with E-state index in [1.807, 2.05) is 0 Å². The van der Waals surface area contributed by atoms with Crippen LogP contribution in [0, 0.1) is 5.82 Å². The molecule has 0 bridgehead atoms. The van der Waals surface area contributed by atoms with Crippen LogP contribution in [0.4, 0.5) is 9.52 Å². The topological polar surface area (TPSA) is 51.8 Å². The van der Waals surface area contributed by atoms with Crippen LogP contribution in [-0.4, -0.2) is 9.36 Å². The Morgan fingerprint density at radius 3 is 2.81 bits per heavy atom. The highest BCUT2D eigenvalue weighted by Gasteiger charge is 2.04. The van der Waals surface area contributed by atoms with Gasteiger partial charge in [0.25, 0.3) is 0 Å². The van der Waals surface area contributed by atoms with Gasteiger partial charge in [-0.2, -0.15) is 4.37 Å². The van der Waals surface area contributed by atoms with Gasteiger partial charge in [-0.05, 0) is 24.1 Å². The molecule has 0 fully saturated rings. The van der Waals surface area contributed by atoms with E-state index >= 15 is 0 Å². The SMILES string of the molecule is Nc1nc(CCc2ccc(F)c(Cl)c2)ns1. The predicted molar refractivity (Wildman–Crippen MR) is 63.1 cm³/mol. The maximum absolute atomic E-state index is 12.9. The Morgan fingerprint density at radius 2 is 2.19 bits per heavy atom. The number of halogens is 2. The first-order chi connectivity index (χ1) is 7.65. The number of nitrogens with zero attached hydrogens (tertiary/aromatic N) is 2. The Morgan fingerprint density at radius 1 is 1.38 bits per heavy atom. The van der Waals surface area contributed by atoms with Crippen molar-refractivity contribution in [3.05, 3.63) is 40.4 Å². The fourth-order valence-corrected chi connectivity index (χ4v) is 2.00. The number of anilines is 1. The van der Waals surface area contributed by atoms with Crippen LogP contribution >= 0.6 is 23.1 Å². The standard InChI is InChI=1S/C10H9ClFN3S/c11-7-5-6(1-3-8(7)12)2-4-9-14-10(13)16-15-9/h1,3,5H,2,4H2,(H2,13,14,15). The number of aromatic nitrogens is 2. The molecule has 16 heavy (non-hydrogen) atoms. The molecular weight excluding hydrogens is 249 g/mol. The highest BCUT2D eigenvalue weighted by atomic mass is 35.5. The molecule has 84 valence electrons. The molecule has 0 aliphatic heterocycles. The third-order valence-corrected chi connectivity index (χ3v) is 2.98. The van der Waals surface area contributed by atoms with E-state index in [1.165, 1.54) is 17.6 Å². The minimum atomic E-state index is -0.401. The minimum Gasteiger partial charge on any atom is -0.374 e. The van der Waals surface area contributed by atoms with Gasteiger partial charge >= 0.3 is 0 Å². The van der Waals surface area contributed by atoms with E-state index in [0.717, 1.165) is 12.0 Å². The fourth-order valence-electron chi connectivity index (χ4n) is 1.32.